The number of hydrogen-bond donors (Lipinski definition) is 0. The van der Waals surface area contributed by atoms with Crippen molar-refractivity contribution in [3.63, 3.8) is 0 Å². The molecule has 1 heterocycles. The topological polar surface area (TPSA) is 22.4 Å². The van der Waals surface area contributed by atoms with Crippen LogP contribution in [0.1, 0.15) is 50.7 Å². The third kappa shape index (κ3) is 2.67. The molecule has 0 radical (unpaired) electrons. The van der Waals surface area contributed by atoms with Crippen LogP contribution >= 0.6 is 0 Å². The summed E-state index contributed by atoms with van der Waals surface area (Å²) in [7, 11) is 1.75. The summed E-state index contributed by atoms with van der Waals surface area (Å²) in [5.74, 6) is 2.76. The first-order valence-electron chi connectivity index (χ1n) is 6.80. The highest BCUT2D eigenvalue weighted by atomic mass is 16.5. The summed E-state index contributed by atoms with van der Waals surface area (Å²) in [5.41, 5.74) is 3.60. The molecular weight excluding hydrogens is 236 g/mol. The van der Waals surface area contributed by atoms with Gasteiger partial charge in [0.25, 0.3) is 0 Å². The van der Waals surface area contributed by atoms with Gasteiger partial charge in [0.05, 0.1) is 13.4 Å². The Bertz CT molecular complexity index is 507. The normalized spacial score (nSPS) is 11.3. The number of methoxy groups -OCH3 is 1. The maximum Gasteiger partial charge on any atom is 0.133 e. The van der Waals surface area contributed by atoms with Gasteiger partial charge in [-0.2, -0.15) is 0 Å². The summed E-state index contributed by atoms with van der Waals surface area (Å²) in [6.07, 6.45) is 1.71. The molecule has 1 aromatic carbocycles. The monoisotopic (exact) mass is 258 g/mol. The van der Waals surface area contributed by atoms with Gasteiger partial charge in [-0.05, 0) is 47.2 Å². The quantitative estimate of drug-likeness (QED) is 0.751. The fourth-order valence-electron chi connectivity index (χ4n) is 2.35. The molecule has 0 saturated heterocycles. The number of hydrogen-bond acceptors (Lipinski definition) is 2. The van der Waals surface area contributed by atoms with E-state index in [-0.39, 0.29) is 0 Å². The number of rotatable bonds is 4. The van der Waals surface area contributed by atoms with E-state index in [1.165, 1.54) is 11.1 Å². The zero-order valence-corrected chi connectivity index (χ0v) is 12.4. The Labute approximate surface area is 115 Å². The molecule has 102 valence electrons. The molecule has 0 bridgehead atoms. The molecule has 0 spiro atoms. The van der Waals surface area contributed by atoms with Crippen LogP contribution in [0.15, 0.2) is 34.9 Å². The lowest BCUT2D eigenvalue weighted by Gasteiger charge is -2.19. The summed E-state index contributed by atoms with van der Waals surface area (Å²) in [4.78, 5) is 0. The van der Waals surface area contributed by atoms with Crippen molar-refractivity contribution in [1.29, 1.82) is 0 Å². The summed E-state index contributed by atoms with van der Waals surface area (Å²) < 4.78 is 11.2. The summed E-state index contributed by atoms with van der Waals surface area (Å²) >= 11 is 0. The predicted octanol–water partition coefficient (Wildman–Crippen LogP) is 5.20. The molecule has 0 aliphatic carbocycles. The molecule has 2 heteroatoms. The van der Waals surface area contributed by atoms with Gasteiger partial charge < -0.3 is 9.15 Å². The van der Waals surface area contributed by atoms with Gasteiger partial charge >= 0.3 is 0 Å². The second-order valence-electron chi connectivity index (χ2n) is 5.47. The molecule has 2 rings (SSSR count). The van der Waals surface area contributed by atoms with Crippen molar-refractivity contribution < 1.29 is 9.15 Å². The smallest absolute Gasteiger partial charge is 0.133 e. The average Bonchev–Trinajstić information content (AvgIpc) is 2.90. The van der Waals surface area contributed by atoms with Crippen LogP contribution in [0.4, 0.5) is 0 Å². The van der Waals surface area contributed by atoms with Crippen molar-refractivity contribution in [1.82, 2.24) is 0 Å². The Balaban J connectivity index is 2.65. The van der Waals surface area contributed by atoms with Gasteiger partial charge in [0, 0.05) is 5.56 Å². The van der Waals surface area contributed by atoms with Crippen LogP contribution in [0.2, 0.25) is 0 Å². The molecular formula is C17H22O2. The molecule has 0 atom stereocenters. The van der Waals surface area contributed by atoms with E-state index in [0.717, 1.165) is 17.1 Å². The Morgan fingerprint density at radius 1 is 1.00 bits per heavy atom. The highest BCUT2D eigenvalue weighted by Gasteiger charge is 2.17. The predicted molar refractivity (Wildman–Crippen MR) is 78.9 cm³/mol. The molecule has 2 aromatic rings. The van der Waals surface area contributed by atoms with Crippen molar-refractivity contribution in [3.05, 3.63) is 41.7 Å². The van der Waals surface area contributed by atoms with Gasteiger partial charge in [-0.15, -0.1) is 0 Å². The lowest BCUT2D eigenvalue weighted by molar-refractivity contribution is 0.400. The van der Waals surface area contributed by atoms with Crippen LogP contribution in [0.25, 0.3) is 11.3 Å². The molecule has 0 aliphatic heterocycles. The van der Waals surface area contributed by atoms with E-state index in [1.54, 1.807) is 13.4 Å². The first-order chi connectivity index (χ1) is 9.04. The van der Waals surface area contributed by atoms with Crippen molar-refractivity contribution in [2.75, 3.05) is 7.11 Å². The second kappa shape index (κ2) is 5.52. The minimum Gasteiger partial charge on any atom is -0.496 e. The Kier molecular flexibility index (Phi) is 3.98. The molecule has 0 unspecified atom stereocenters. The fourth-order valence-corrected chi connectivity index (χ4v) is 2.35. The third-order valence-electron chi connectivity index (χ3n) is 3.40. The molecule has 0 aliphatic rings. The minimum atomic E-state index is 0.419. The van der Waals surface area contributed by atoms with Gasteiger partial charge in [0.15, 0.2) is 0 Å². The largest absolute Gasteiger partial charge is 0.496 e. The van der Waals surface area contributed by atoms with Crippen molar-refractivity contribution in [3.8, 4) is 17.1 Å². The van der Waals surface area contributed by atoms with Crippen LogP contribution in [-0.4, -0.2) is 7.11 Å². The summed E-state index contributed by atoms with van der Waals surface area (Å²) in [6, 6.07) is 8.27. The van der Waals surface area contributed by atoms with E-state index in [2.05, 4.69) is 39.8 Å². The Hall–Kier alpha value is -1.70. The minimum absolute atomic E-state index is 0.419. The zero-order chi connectivity index (χ0) is 14.0. The number of ether oxygens (including phenoxy) is 1. The number of benzene rings is 1. The van der Waals surface area contributed by atoms with Crippen LogP contribution < -0.4 is 4.74 Å². The lowest BCUT2D eigenvalue weighted by Crippen LogP contribution is -2.01. The molecule has 19 heavy (non-hydrogen) atoms. The Morgan fingerprint density at radius 3 is 1.95 bits per heavy atom. The summed E-state index contributed by atoms with van der Waals surface area (Å²) in [6.45, 7) is 8.75. The van der Waals surface area contributed by atoms with E-state index in [4.69, 9.17) is 9.15 Å². The van der Waals surface area contributed by atoms with Crippen molar-refractivity contribution in [2.24, 2.45) is 0 Å². The van der Waals surface area contributed by atoms with Crippen molar-refractivity contribution >= 4 is 0 Å². The van der Waals surface area contributed by atoms with E-state index >= 15 is 0 Å². The zero-order valence-electron chi connectivity index (χ0n) is 12.4. The summed E-state index contributed by atoms with van der Waals surface area (Å²) in [5, 5.41) is 0. The molecule has 0 saturated carbocycles. The lowest BCUT2D eigenvalue weighted by atomic mass is 9.91. The van der Waals surface area contributed by atoms with E-state index < -0.39 is 0 Å². The Morgan fingerprint density at radius 2 is 1.58 bits per heavy atom. The van der Waals surface area contributed by atoms with Gasteiger partial charge in [-0.1, -0.05) is 27.7 Å². The molecule has 1 aromatic heterocycles. The maximum absolute atomic E-state index is 5.64. The van der Waals surface area contributed by atoms with E-state index in [1.807, 2.05) is 12.1 Å². The van der Waals surface area contributed by atoms with Crippen molar-refractivity contribution in [2.45, 2.75) is 39.5 Å². The van der Waals surface area contributed by atoms with Crippen LogP contribution in [0.5, 0.6) is 5.75 Å². The van der Waals surface area contributed by atoms with Gasteiger partial charge in [-0.25, -0.2) is 0 Å². The first-order valence-corrected chi connectivity index (χ1v) is 6.80. The van der Waals surface area contributed by atoms with E-state index in [9.17, 15) is 0 Å². The molecule has 0 N–H and O–H groups in total. The van der Waals surface area contributed by atoms with Crippen LogP contribution in [0, 0.1) is 0 Å². The fraction of sp³-hybridized carbons (Fsp3) is 0.412. The SMILES string of the molecule is COc1c(C(C)C)cc(-c2ccco2)cc1C(C)C. The van der Waals surface area contributed by atoms with Crippen LogP contribution in [0.3, 0.4) is 0 Å². The number of furan rings is 1. The molecule has 2 nitrogen and oxygen atoms in total. The van der Waals surface area contributed by atoms with Gasteiger partial charge in [0.2, 0.25) is 0 Å². The van der Waals surface area contributed by atoms with E-state index in [0.29, 0.717) is 11.8 Å². The van der Waals surface area contributed by atoms with Gasteiger partial charge in [-0.3, -0.25) is 0 Å². The average molecular weight is 258 g/mol. The molecule has 0 amide bonds. The highest BCUT2D eigenvalue weighted by Crippen LogP contribution is 2.38. The standard InChI is InChI=1S/C17H22O2/c1-11(2)14-9-13(16-7-6-8-19-16)10-15(12(3)4)17(14)18-5/h6-12H,1-5H3. The van der Waals surface area contributed by atoms with Gasteiger partial charge in [0.1, 0.15) is 11.5 Å². The van der Waals surface area contributed by atoms with Crippen LogP contribution in [-0.2, 0) is 0 Å². The highest BCUT2D eigenvalue weighted by molar-refractivity contribution is 5.64. The first kappa shape index (κ1) is 13.7. The third-order valence-corrected chi connectivity index (χ3v) is 3.40. The molecule has 0 fully saturated rings. The maximum atomic E-state index is 5.64. The second-order valence-corrected chi connectivity index (χ2v) is 5.47.